The molecule has 0 radical (unpaired) electrons. The highest BCUT2D eigenvalue weighted by Gasteiger charge is 2.44. The van der Waals surface area contributed by atoms with Gasteiger partial charge in [0, 0.05) is 22.2 Å². The van der Waals surface area contributed by atoms with Gasteiger partial charge >= 0.3 is 11.9 Å². The number of rotatable bonds is 7. The number of nitro groups is 2. The molecule has 3 unspecified atom stereocenters. The van der Waals surface area contributed by atoms with Gasteiger partial charge in [0.2, 0.25) is 12.1 Å². The van der Waals surface area contributed by atoms with Crippen LogP contribution in [0.2, 0.25) is 0 Å². The molecule has 0 heterocycles. The van der Waals surface area contributed by atoms with Crippen LogP contribution in [0.4, 0.5) is 0 Å². The predicted molar refractivity (Wildman–Crippen MR) is 92.0 cm³/mol. The molecule has 2 aliphatic carbocycles. The lowest BCUT2D eigenvalue weighted by Crippen LogP contribution is -2.41. The molecule has 0 aromatic carbocycles. The van der Waals surface area contributed by atoms with Crippen LogP contribution in [0.3, 0.4) is 0 Å². The van der Waals surface area contributed by atoms with Gasteiger partial charge in [-0.3, -0.25) is 29.8 Å². The summed E-state index contributed by atoms with van der Waals surface area (Å²) in [6.07, 6.45) is 2.24. The van der Waals surface area contributed by atoms with Gasteiger partial charge in [0.15, 0.2) is 0 Å². The minimum atomic E-state index is -1.10. The molecule has 0 spiro atoms. The second kappa shape index (κ2) is 9.61. The molecule has 2 fully saturated rings. The average Bonchev–Trinajstić information content (AvgIpc) is 2.62. The molecule has 0 aromatic heterocycles. The lowest BCUT2D eigenvalue weighted by molar-refractivity contribution is -0.574. The van der Waals surface area contributed by atoms with E-state index in [1.165, 1.54) is 0 Å². The van der Waals surface area contributed by atoms with Crippen molar-refractivity contribution in [3.63, 3.8) is 0 Å². The zero-order valence-electron chi connectivity index (χ0n) is 15.4. The van der Waals surface area contributed by atoms with Crippen molar-refractivity contribution in [2.75, 3.05) is 6.61 Å². The van der Waals surface area contributed by atoms with E-state index in [1.807, 2.05) is 0 Å². The highest BCUT2D eigenvalue weighted by Crippen LogP contribution is 2.32. The van der Waals surface area contributed by atoms with Gasteiger partial charge in [-0.15, -0.1) is 0 Å². The van der Waals surface area contributed by atoms with Crippen LogP contribution < -0.4 is 0 Å². The van der Waals surface area contributed by atoms with E-state index < -0.39 is 33.8 Å². The molecule has 3 atom stereocenters. The number of hydrogen-bond donors (Lipinski definition) is 0. The van der Waals surface area contributed by atoms with E-state index in [4.69, 9.17) is 9.47 Å². The Morgan fingerprint density at radius 2 is 1.67 bits per heavy atom. The summed E-state index contributed by atoms with van der Waals surface area (Å²) in [4.78, 5) is 45.1. The highest BCUT2D eigenvalue weighted by atomic mass is 16.6. The Labute approximate surface area is 156 Å². The monoisotopic (exact) mass is 386 g/mol. The van der Waals surface area contributed by atoms with Gasteiger partial charge in [0.05, 0.1) is 25.4 Å². The summed E-state index contributed by atoms with van der Waals surface area (Å²) in [6.45, 7) is 2.09. The molecule has 2 rings (SSSR count). The first-order valence-corrected chi connectivity index (χ1v) is 9.44. The zero-order valence-corrected chi connectivity index (χ0v) is 15.4. The fraction of sp³-hybridized carbons (Fsp3) is 0.882. The Morgan fingerprint density at radius 3 is 2.22 bits per heavy atom. The van der Waals surface area contributed by atoms with Crippen LogP contribution in [0.5, 0.6) is 0 Å². The second-order valence-electron chi connectivity index (χ2n) is 7.28. The molecule has 0 N–H and O–H groups in total. The number of esters is 2. The van der Waals surface area contributed by atoms with Crippen LogP contribution in [0.15, 0.2) is 0 Å². The molecule has 0 bridgehead atoms. The maximum atomic E-state index is 12.2. The molecule has 2 saturated carbocycles. The second-order valence-corrected chi connectivity index (χ2v) is 7.28. The van der Waals surface area contributed by atoms with E-state index in [9.17, 15) is 29.8 Å². The Kier molecular flexibility index (Phi) is 7.49. The summed E-state index contributed by atoms with van der Waals surface area (Å²) in [5.74, 6) is -1.44. The summed E-state index contributed by atoms with van der Waals surface area (Å²) in [5, 5.41) is 22.1. The van der Waals surface area contributed by atoms with Crippen molar-refractivity contribution in [2.45, 2.75) is 76.5 Å². The number of carbonyl (C=O) groups is 2. The minimum absolute atomic E-state index is 0.103. The Hall–Kier alpha value is -2.26. The fourth-order valence-corrected chi connectivity index (χ4v) is 4.00. The van der Waals surface area contributed by atoms with Crippen molar-refractivity contribution in [3.8, 4) is 0 Å². The SMILES string of the molecule is CCOC(=O)C1CCC(OC(=O)CC2CCC([N+](=O)[O-])CC2[N+](=O)[O-])CC1. The Bertz CT molecular complexity index is 573. The van der Waals surface area contributed by atoms with Crippen LogP contribution in [0.1, 0.15) is 58.3 Å². The van der Waals surface area contributed by atoms with Gasteiger partial charge in [-0.25, -0.2) is 0 Å². The molecule has 10 nitrogen and oxygen atoms in total. The van der Waals surface area contributed by atoms with Crippen molar-refractivity contribution >= 4 is 11.9 Å². The maximum Gasteiger partial charge on any atom is 0.308 e. The van der Waals surface area contributed by atoms with Gasteiger partial charge < -0.3 is 9.47 Å². The van der Waals surface area contributed by atoms with Crippen molar-refractivity contribution in [1.29, 1.82) is 0 Å². The van der Waals surface area contributed by atoms with Crippen molar-refractivity contribution in [3.05, 3.63) is 20.2 Å². The molecule has 27 heavy (non-hydrogen) atoms. The number of hydrogen-bond acceptors (Lipinski definition) is 8. The van der Waals surface area contributed by atoms with E-state index in [1.54, 1.807) is 6.92 Å². The van der Waals surface area contributed by atoms with Gasteiger partial charge in [-0.1, -0.05) is 0 Å². The van der Waals surface area contributed by atoms with Crippen molar-refractivity contribution < 1.29 is 28.9 Å². The topological polar surface area (TPSA) is 139 Å². The molecule has 0 amide bonds. The maximum absolute atomic E-state index is 12.2. The largest absolute Gasteiger partial charge is 0.466 e. The summed E-state index contributed by atoms with van der Waals surface area (Å²) in [7, 11) is 0. The lowest BCUT2D eigenvalue weighted by atomic mass is 9.80. The molecule has 152 valence electrons. The fourth-order valence-electron chi connectivity index (χ4n) is 4.00. The summed E-state index contributed by atoms with van der Waals surface area (Å²) in [6, 6.07) is -2.02. The van der Waals surface area contributed by atoms with Crippen LogP contribution in [0.25, 0.3) is 0 Å². The van der Waals surface area contributed by atoms with Gasteiger partial charge in [-0.2, -0.15) is 0 Å². The van der Waals surface area contributed by atoms with Crippen LogP contribution >= 0.6 is 0 Å². The Balaban J connectivity index is 1.81. The molecule has 10 heteroatoms. The number of ether oxygens (including phenoxy) is 2. The average molecular weight is 386 g/mol. The van der Waals surface area contributed by atoms with E-state index in [0.717, 1.165) is 0 Å². The van der Waals surface area contributed by atoms with E-state index in [2.05, 4.69) is 0 Å². The minimum Gasteiger partial charge on any atom is -0.466 e. The predicted octanol–water partition coefficient (Wildman–Crippen LogP) is 2.13. The van der Waals surface area contributed by atoms with Crippen LogP contribution in [0, 0.1) is 32.1 Å². The Morgan fingerprint density at radius 1 is 1.00 bits per heavy atom. The molecule has 2 aliphatic rings. The van der Waals surface area contributed by atoms with E-state index >= 15 is 0 Å². The van der Waals surface area contributed by atoms with Gasteiger partial charge in [0.25, 0.3) is 0 Å². The first-order valence-electron chi connectivity index (χ1n) is 9.44. The molecular weight excluding hydrogens is 360 g/mol. The molecule has 0 saturated heterocycles. The first-order chi connectivity index (χ1) is 12.8. The van der Waals surface area contributed by atoms with Gasteiger partial charge in [-0.05, 0) is 39.0 Å². The smallest absolute Gasteiger partial charge is 0.308 e. The summed E-state index contributed by atoms with van der Waals surface area (Å²) in [5.41, 5.74) is 0. The summed E-state index contributed by atoms with van der Waals surface area (Å²) < 4.78 is 10.4. The number of nitrogens with zero attached hydrogens (tertiary/aromatic N) is 2. The molecular formula is C17H26N2O8. The third-order valence-corrected chi connectivity index (χ3v) is 5.52. The van der Waals surface area contributed by atoms with E-state index in [0.29, 0.717) is 32.3 Å². The lowest BCUT2D eigenvalue weighted by Gasteiger charge is -2.29. The molecule has 0 aliphatic heterocycles. The zero-order chi connectivity index (χ0) is 20.0. The normalized spacial score (nSPS) is 30.9. The molecule has 0 aromatic rings. The van der Waals surface area contributed by atoms with Gasteiger partial charge in [0.1, 0.15) is 6.10 Å². The number of carbonyl (C=O) groups excluding carboxylic acids is 2. The van der Waals surface area contributed by atoms with E-state index in [-0.39, 0.29) is 43.7 Å². The van der Waals surface area contributed by atoms with Crippen LogP contribution in [-0.2, 0) is 19.1 Å². The highest BCUT2D eigenvalue weighted by molar-refractivity contribution is 5.72. The quantitative estimate of drug-likeness (QED) is 0.368. The third kappa shape index (κ3) is 5.86. The van der Waals surface area contributed by atoms with Crippen LogP contribution in [-0.4, -0.2) is 46.6 Å². The van der Waals surface area contributed by atoms with Crippen molar-refractivity contribution in [2.24, 2.45) is 11.8 Å². The third-order valence-electron chi connectivity index (χ3n) is 5.52. The van der Waals surface area contributed by atoms with Crippen molar-refractivity contribution in [1.82, 2.24) is 0 Å². The first kappa shape index (κ1) is 21.0. The summed E-state index contributed by atoms with van der Waals surface area (Å²) >= 11 is 0. The standard InChI is InChI=1S/C17H26N2O8/c1-2-26-17(21)11-4-7-14(8-5-11)27-16(20)9-12-3-6-13(18(22)23)10-15(12)19(24)25/h11-15H,2-10H2,1H3.